The molecule has 88 valence electrons. The Hall–Kier alpha value is -0.520. The van der Waals surface area contributed by atoms with Crippen molar-refractivity contribution in [2.45, 2.75) is 11.3 Å². The molecule has 0 aliphatic carbocycles. The molecule has 5 heteroatoms. The summed E-state index contributed by atoms with van der Waals surface area (Å²) in [6, 6.07) is 5.36. The minimum atomic E-state index is -0.911. The monoisotopic (exact) mass is 304 g/mol. The Labute approximate surface area is 107 Å². The van der Waals surface area contributed by atoms with Crippen molar-refractivity contribution in [2.24, 2.45) is 0 Å². The van der Waals surface area contributed by atoms with Crippen LogP contribution in [0, 0.1) is 0 Å². The van der Waals surface area contributed by atoms with E-state index in [0.717, 1.165) is 23.7 Å². The summed E-state index contributed by atoms with van der Waals surface area (Å²) in [5.41, 5.74) is 0.303. The summed E-state index contributed by atoms with van der Waals surface area (Å²) in [6.07, 6.45) is 0.958. The van der Waals surface area contributed by atoms with Crippen LogP contribution in [0.25, 0.3) is 0 Å². The SMILES string of the molecule is COCCCSc1ccc(Br)c(C(=O)O)c1. The van der Waals surface area contributed by atoms with Gasteiger partial charge in [-0.1, -0.05) is 0 Å². The average Bonchev–Trinajstić information content (AvgIpc) is 2.26. The molecule has 0 heterocycles. The fourth-order valence-electron chi connectivity index (χ4n) is 1.15. The zero-order valence-corrected chi connectivity index (χ0v) is 11.3. The van der Waals surface area contributed by atoms with Crippen LogP contribution in [0.4, 0.5) is 0 Å². The van der Waals surface area contributed by atoms with Crippen molar-refractivity contribution in [1.29, 1.82) is 0 Å². The zero-order valence-electron chi connectivity index (χ0n) is 8.90. The van der Waals surface area contributed by atoms with Crippen molar-refractivity contribution in [1.82, 2.24) is 0 Å². The van der Waals surface area contributed by atoms with E-state index < -0.39 is 5.97 Å². The van der Waals surface area contributed by atoms with E-state index in [1.54, 1.807) is 31.0 Å². The molecule has 0 saturated heterocycles. The van der Waals surface area contributed by atoms with Crippen LogP contribution in [0.3, 0.4) is 0 Å². The van der Waals surface area contributed by atoms with E-state index in [0.29, 0.717) is 10.0 Å². The highest BCUT2D eigenvalue weighted by molar-refractivity contribution is 9.10. The zero-order chi connectivity index (χ0) is 12.0. The van der Waals surface area contributed by atoms with Gasteiger partial charge in [-0.25, -0.2) is 4.79 Å². The van der Waals surface area contributed by atoms with E-state index >= 15 is 0 Å². The molecule has 0 aliphatic rings. The number of hydrogen-bond acceptors (Lipinski definition) is 3. The van der Waals surface area contributed by atoms with E-state index in [-0.39, 0.29) is 0 Å². The maximum absolute atomic E-state index is 10.9. The average molecular weight is 305 g/mol. The highest BCUT2D eigenvalue weighted by Crippen LogP contribution is 2.25. The summed E-state index contributed by atoms with van der Waals surface area (Å²) >= 11 is 4.85. The van der Waals surface area contributed by atoms with Gasteiger partial charge < -0.3 is 9.84 Å². The molecule has 1 aromatic carbocycles. The number of benzene rings is 1. The van der Waals surface area contributed by atoms with Crippen LogP contribution >= 0.6 is 27.7 Å². The number of halogens is 1. The van der Waals surface area contributed by atoms with Crippen LogP contribution in [-0.2, 0) is 4.74 Å². The van der Waals surface area contributed by atoms with Crippen LogP contribution in [0.1, 0.15) is 16.8 Å². The van der Waals surface area contributed by atoms with Crippen molar-refractivity contribution in [2.75, 3.05) is 19.5 Å². The number of rotatable bonds is 6. The van der Waals surface area contributed by atoms with Gasteiger partial charge >= 0.3 is 5.97 Å². The number of methoxy groups -OCH3 is 1. The van der Waals surface area contributed by atoms with Crippen LogP contribution in [0.15, 0.2) is 27.6 Å². The lowest BCUT2D eigenvalue weighted by molar-refractivity contribution is 0.0695. The molecule has 0 radical (unpaired) electrons. The van der Waals surface area contributed by atoms with E-state index in [2.05, 4.69) is 15.9 Å². The molecule has 0 unspecified atom stereocenters. The van der Waals surface area contributed by atoms with E-state index in [9.17, 15) is 4.79 Å². The van der Waals surface area contributed by atoms with Gasteiger partial charge in [0.15, 0.2) is 0 Å². The summed E-state index contributed by atoms with van der Waals surface area (Å²) in [4.78, 5) is 11.9. The van der Waals surface area contributed by atoms with Gasteiger partial charge in [0, 0.05) is 28.8 Å². The van der Waals surface area contributed by atoms with Gasteiger partial charge in [-0.15, -0.1) is 11.8 Å². The largest absolute Gasteiger partial charge is 0.478 e. The number of thioether (sulfide) groups is 1. The molecule has 0 fully saturated rings. The Kier molecular flexibility index (Phi) is 5.87. The van der Waals surface area contributed by atoms with Crippen LogP contribution in [0.2, 0.25) is 0 Å². The lowest BCUT2D eigenvalue weighted by atomic mass is 10.2. The van der Waals surface area contributed by atoms with Gasteiger partial charge in [0.2, 0.25) is 0 Å². The van der Waals surface area contributed by atoms with Crippen LogP contribution < -0.4 is 0 Å². The molecule has 0 amide bonds. The standard InChI is InChI=1S/C11H13BrO3S/c1-15-5-2-6-16-8-3-4-10(12)9(7-8)11(13)14/h3-4,7H,2,5-6H2,1H3,(H,13,14). The number of carboxylic acids is 1. The van der Waals surface area contributed by atoms with Gasteiger partial charge in [-0.2, -0.15) is 0 Å². The highest BCUT2D eigenvalue weighted by atomic mass is 79.9. The quantitative estimate of drug-likeness (QED) is 0.647. The number of carboxylic acid groups (broad SMARTS) is 1. The first kappa shape index (κ1) is 13.5. The van der Waals surface area contributed by atoms with E-state index in [4.69, 9.17) is 9.84 Å². The fourth-order valence-corrected chi connectivity index (χ4v) is 2.43. The van der Waals surface area contributed by atoms with Crippen LogP contribution in [0.5, 0.6) is 0 Å². The maximum Gasteiger partial charge on any atom is 0.336 e. The number of hydrogen-bond donors (Lipinski definition) is 1. The van der Waals surface area contributed by atoms with Crippen molar-refractivity contribution in [3.63, 3.8) is 0 Å². The molecule has 1 N–H and O–H groups in total. The molecule has 16 heavy (non-hydrogen) atoms. The third kappa shape index (κ3) is 4.15. The third-order valence-corrected chi connectivity index (χ3v) is 3.70. The molecule has 0 saturated carbocycles. The first-order chi connectivity index (χ1) is 7.65. The third-order valence-electron chi connectivity index (χ3n) is 1.93. The predicted molar refractivity (Wildman–Crippen MR) is 68.3 cm³/mol. The maximum atomic E-state index is 10.9. The minimum Gasteiger partial charge on any atom is -0.478 e. The molecule has 0 aliphatic heterocycles. The number of carbonyl (C=O) groups is 1. The van der Waals surface area contributed by atoms with Crippen molar-refractivity contribution < 1.29 is 14.6 Å². The Morgan fingerprint density at radius 2 is 2.31 bits per heavy atom. The molecule has 0 spiro atoms. The lowest BCUT2D eigenvalue weighted by Crippen LogP contribution is -1.98. The second-order valence-corrected chi connectivity index (χ2v) is 5.16. The van der Waals surface area contributed by atoms with Crippen molar-refractivity contribution in [3.8, 4) is 0 Å². The Morgan fingerprint density at radius 3 is 2.94 bits per heavy atom. The highest BCUT2D eigenvalue weighted by Gasteiger charge is 2.08. The van der Waals surface area contributed by atoms with Gasteiger partial charge in [0.05, 0.1) is 5.56 Å². The molecule has 0 aromatic heterocycles. The molecule has 0 bridgehead atoms. The van der Waals surface area contributed by atoms with Gasteiger partial charge in [0.1, 0.15) is 0 Å². The van der Waals surface area contributed by atoms with Crippen molar-refractivity contribution in [3.05, 3.63) is 28.2 Å². The van der Waals surface area contributed by atoms with E-state index in [1.807, 2.05) is 6.07 Å². The summed E-state index contributed by atoms with van der Waals surface area (Å²) in [6.45, 7) is 0.731. The molecule has 1 aromatic rings. The molecule has 0 atom stereocenters. The summed E-state index contributed by atoms with van der Waals surface area (Å²) in [5, 5.41) is 8.94. The van der Waals surface area contributed by atoms with Gasteiger partial charge in [0.25, 0.3) is 0 Å². The second kappa shape index (κ2) is 6.93. The number of aromatic carboxylic acids is 1. The summed E-state index contributed by atoms with van der Waals surface area (Å²) in [5.74, 6) is 0.0142. The molecular formula is C11H13BrO3S. The Morgan fingerprint density at radius 1 is 1.56 bits per heavy atom. The molecule has 3 nitrogen and oxygen atoms in total. The Bertz CT molecular complexity index is 368. The van der Waals surface area contributed by atoms with Crippen molar-refractivity contribution >= 4 is 33.7 Å². The molecule has 1 rings (SSSR count). The first-order valence-corrected chi connectivity index (χ1v) is 6.57. The second-order valence-electron chi connectivity index (χ2n) is 3.14. The Balaban J connectivity index is 2.61. The smallest absolute Gasteiger partial charge is 0.336 e. The van der Waals surface area contributed by atoms with Gasteiger partial charge in [-0.3, -0.25) is 0 Å². The van der Waals surface area contributed by atoms with E-state index in [1.165, 1.54) is 0 Å². The number of ether oxygens (including phenoxy) is 1. The van der Waals surface area contributed by atoms with Crippen LogP contribution in [-0.4, -0.2) is 30.5 Å². The first-order valence-electron chi connectivity index (χ1n) is 4.79. The predicted octanol–water partition coefficient (Wildman–Crippen LogP) is 3.28. The summed E-state index contributed by atoms with van der Waals surface area (Å²) in [7, 11) is 1.67. The topological polar surface area (TPSA) is 46.5 Å². The lowest BCUT2D eigenvalue weighted by Gasteiger charge is -2.04. The minimum absolute atomic E-state index is 0.303. The normalized spacial score (nSPS) is 10.4. The summed E-state index contributed by atoms with van der Waals surface area (Å²) < 4.78 is 5.56. The van der Waals surface area contributed by atoms with Gasteiger partial charge in [-0.05, 0) is 40.5 Å². The fraction of sp³-hybridized carbons (Fsp3) is 0.364. The molecular weight excluding hydrogens is 292 g/mol.